The summed E-state index contributed by atoms with van der Waals surface area (Å²) in [6.45, 7) is 18.7. The summed E-state index contributed by atoms with van der Waals surface area (Å²) in [5, 5.41) is 63.6. The molecule has 3 fully saturated rings. The Hall–Kier alpha value is -3.05. The van der Waals surface area contributed by atoms with Crippen LogP contribution in [0.2, 0.25) is 0 Å². The highest BCUT2D eigenvalue weighted by atomic mass is 32.2. The molecule has 16 nitrogen and oxygen atoms in total. The smallest absolute Gasteiger partial charge is 0.311 e. The monoisotopic (exact) mass is 1100 g/mol. The molecule has 0 bridgehead atoms. The van der Waals surface area contributed by atoms with E-state index in [4.69, 9.17) is 28.4 Å². The molecule has 0 aliphatic carbocycles. The van der Waals surface area contributed by atoms with Crippen LogP contribution in [-0.4, -0.2) is 178 Å². The van der Waals surface area contributed by atoms with E-state index in [1.54, 1.807) is 57.7 Å². The molecule has 0 spiro atoms. The molecule has 0 unspecified atom stereocenters. The second-order valence-corrected chi connectivity index (χ2v) is 25.4. The van der Waals surface area contributed by atoms with Gasteiger partial charge in [0.2, 0.25) is 5.91 Å². The van der Waals surface area contributed by atoms with Crippen LogP contribution in [0.3, 0.4) is 0 Å². The van der Waals surface area contributed by atoms with Gasteiger partial charge in [0.05, 0.1) is 48.0 Å². The maximum Gasteiger partial charge on any atom is 0.311 e. The Morgan fingerprint density at radius 1 is 0.895 bits per heavy atom. The van der Waals surface area contributed by atoms with E-state index in [9.17, 15) is 35.1 Å². The van der Waals surface area contributed by atoms with Gasteiger partial charge in [0.1, 0.15) is 30.0 Å². The van der Waals surface area contributed by atoms with Gasteiger partial charge in [0.25, 0.3) is 0 Å². The number of amides is 1. The normalized spacial score (nSPS) is 37.9. The van der Waals surface area contributed by atoms with Gasteiger partial charge in [-0.3, -0.25) is 14.5 Å². The average molecular weight is 1100 g/mol. The number of carbonyl (C=O) groups excluding carboxylic acids is 2. The molecule has 1 aromatic heterocycles. The molecule has 3 saturated heterocycles. The average Bonchev–Trinajstić information content (AvgIpc) is 3.73. The zero-order chi connectivity index (χ0) is 55.6. The number of ether oxygens (including phenoxy) is 6. The number of nitrogens with zero attached hydrogens (tertiary/aromatic N) is 2. The lowest BCUT2D eigenvalue weighted by Crippen LogP contribution is -2.60. The largest absolute Gasteiger partial charge is 0.459 e. The van der Waals surface area contributed by atoms with E-state index < -0.39 is 96.0 Å². The van der Waals surface area contributed by atoms with Gasteiger partial charge in [0, 0.05) is 81.8 Å². The molecule has 7 rings (SSSR count). The van der Waals surface area contributed by atoms with Gasteiger partial charge >= 0.3 is 5.97 Å². The standard InChI is InChI=1S/C58H87N3O13S2/c1-14-45-58(10,68)51(64)36(6)61(25-19-24-59-46(62)28-38-27-41-39-20-15-17-22-43(39)76-44-23-18-16-21-40(44)50(41)75-38)31-32(2)29-56(8,67)53(74-55-48(63)42(60(11)12)26-33(3)70-55)34(4)49(35(5)54(66)72-45)73-47-30-57(9,69-13)52(65)37(7)71-47/h15-18,20-23,27,32-37,42,45,47-49,51-53,55,63-65,67-68H,14,19,24-26,28-31H2,1-13H3,(H,59,62)/t32-,33-,34+,35-,36-,37+,42+,45-,47+,48-,49+,51-,52+,53-,55+,56-,57-,58-/m1/s1. The second-order valence-electron chi connectivity index (χ2n) is 23.2. The fourth-order valence-corrected chi connectivity index (χ4v) is 14.6. The van der Waals surface area contributed by atoms with Gasteiger partial charge in [-0.2, -0.15) is 0 Å². The zero-order valence-corrected chi connectivity index (χ0v) is 48.6. The highest BCUT2D eigenvalue weighted by molar-refractivity contribution is 7.99. The van der Waals surface area contributed by atoms with Gasteiger partial charge in [-0.25, -0.2) is 0 Å². The number of benzene rings is 2. The fraction of sp³-hybridized carbons (Fsp3) is 0.690. The number of aliphatic hydroxyl groups is 5. The van der Waals surface area contributed by atoms with Crippen LogP contribution in [0.5, 0.6) is 0 Å². The summed E-state index contributed by atoms with van der Waals surface area (Å²) in [6.07, 6.45) is -8.36. The number of cyclic esters (lactones) is 1. The summed E-state index contributed by atoms with van der Waals surface area (Å²) >= 11 is 3.40. The van der Waals surface area contributed by atoms with Crippen molar-refractivity contribution >= 4 is 35.0 Å². The first-order chi connectivity index (χ1) is 35.8. The highest BCUT2D eigenvalue weighted by Gasteiger charge is 2.53. The third-order valence-electron chi connectivity index (χ3n) is 16.6. The minimum Gasteiger partial charge on any atom is -0.459 e. The maximum absolute atomic E-state index is 14.7. The van der Waals surface area contributed by atoms with Gasteiger partial charge in [0.15, 0.2) is 12.6 Å². The molecule has 18 atom stereocenters. The van der Waals surface area contributed by atoms with E-state index >= 15 is 0 Å². The van der Waals surface area contributed by atoms with Crippen molar-refractivity contribution in [1.29, 1.82) is 0 Å². The van der Waals surface area contributed by atoms with Crippen molar-refractivity contribution in [2.75, 3.05) is 40.8 Å². The predicted octanol–water partition coefficient (Wildman–Crippen LogP) is 6.88. The Balaban J connectivity index is 1.15. The summed E-state index contributed by atoms with van der Waals surface area (Å²) in [4.78, 5) is 36.8. The molecule has 4 aliphatic heterocycles. The predicted molar refractivity (Wildman–Crippen MR) is 294 cm³/mol. The first-order valence-electron chi connectivity index (χ1n) is 27.3. The minimum atomic E-state index is -1.93. The molecule has 5 heterocycles. The van der Waals surface area contributed by atoms with Crippen LogP contribution in [0.4, 0.5) is 0 Å². The van der Waals surface area contributed by atoms with Crippen LogP contribution in [0.25, 0.3) is 21.6 Å². The molecule has 424 valence electrons. The zero-order valence-electron chi connectivity index (χ0n) is 46.9. The molecular formula is C58H87N3O13S2. The summed E-state index contributed by atoms with van der Waals surface area (Å²) < 4.78 is 38.3. The number of hydrogen-bond acceptors (Lipinski definition) is 17. The summed E-state index contributed by atoms with van der Waals surface area (Å²) in [5.41, 5.74) is -1.23. The lowest BCUT2D eigenvalue weighted by atomic mass is 9.77. The minimum absolute atomic E-state index is 0.0991. The number of rotatable bonds is 13. The van der Waals surface area contributed by atoms with Crippen LogP contribution >= 0.6 is 23.1 Å². The van der Waals surface area contributed by atoms with Crippen LogP contribution in [-0.2, 0) is 44.4 Å². The van der Waals surface area contributed by atoms with Crippen molar-refractivity contribution in [1.82, 2.24) is 15.1 Å². The molecule has 76 heavy (non-hydrogen) atoms. The van der Waals surface area contributed by atoms with Gasteiger partial charge < -0.3 is 64.2 Å². The number of esters is 1. The Kier molecular flexibility index (Phi) is 20.1. The fourth-order valence-electron chi connectivity index (χ4n) is 12.2. The van der Waals surface area contributed by atoms with Crippen LogP contribution in [0.1, 0.15) is 106 Å². The van der Waals surface area contributed by atoms with Crippen LogP contribution in [0, 0.1) is 17.8 Å². The summed E-state index contributed by atoms with van der Waals surface area (Å²) in [7, 11) is 5.27. The van der Waals surface area contributed by atoms with Crippen LogP contribution < -0.4 is 5.32 Å². The molecule has 0 saturated carbocycles. The molecule has 3 aromatic rings. The van der Waals surface area contributed by atoms with Crippen molar-refractivity contribution in [3.8, 4) is 21.6 Å². The Morgan fingerprint density at radius 2 is 1.55 bits per heavy atom. The molecule has 18 heteroatoms. The van der Waals surface area contributed by atoms with Crippen molar-refractivity contribution in [3.05, 3.63) is 59.5 Å². The summed E-state index contributed by atoms with van der Waals surface area (Å²) in [6, 6.07) is 17.9. The molecular weight excluding hydrogens is 1010 g/mol. The van der Waals surface area contributed by atoms with E-state index in [0.717, 1.165) is 26.4 Å². The first kappa shape index (κ1) is 60.6. The second kappa shape index (κ2) is 25.2. The summed E-state index contributed by atoms with van der Waals surface area (Å²) in [5.74, 6) is -3.00. The van der Waals surface area contributed by atoms with E-state index in [1.807, 2.05) is 58.8 Å². The Labute approximate surface area is 459 Å². The molecule has 1 amide bonds. The maximum atomic E-state index is 14.7. The van der Waals surface area contributed by atoms with Gasteiger partial charge in [-0.05, 0) is 118 Å². The number of hydrogen-bond donors (Lipinski definition) is 6. The Morgan fingerprint density at radius 3 is 2.21 bits per heavy atom. The number of likely N-dealkylation sites (N-methyl/N-ethyl adjacent to an activating group) is 1. The topological polar surface area (TPSA) is 209 Å². The molecule has 2 aromatic carbocycles. The third kappa shape index (κ3) is 13.4. The van der Waals surface area contributed by atoms with E-state index in [2.05, 4.69) is 52.7 Å². The van der Waals surface area contributed by atoms with Crippen molar-refractivity contribution < 1.29 is 63.5 Å². The lowest BCUT2D eigenvalue weighted by molar-refractivity contribution is -0.318. The number of methoxy groups -OCH3 is 1. The SMILES string of the molecule is CC[C@H]1OC(=O)[C@H](C)[C@@H](O[C@H]2C[C@@](C)(OC)[C@@H](O)[C@H](C)O2)[C@H](C)[C@@H](O[C@@H]2O[C@H](C)C[C@H](N(C)C)[C@H]2O)[C@](C)(O)C[C@@H](C)CN(CCCNC(=O)Cc2cc3c(s2)-c2ccccc2Sc2ccccc2-3)[C@H](C)[C@@H](O)[C@]1(C)O. The Bertz CT molecular complexity index is 2360. The van der Waals surface area contributed by atoms with Gasteiger partial charge in [-0.1, -0.05) is 68.9 Å². The lowest BCUT2D eigenvalue weighted by Gasteiger charge is -2.48. The van der Waals surface area contributed by atoms with E-state index in [-0.39, 0.29) is 49.7 Å². The quantitative estimate of drug-likeness (QED) is 0.0596. The third-order valence-corrected chi connectivity index (χ3v) is 18.9. The van der Waals surface area contributed by atoms with Crippen molar-refractivity contribution in [2.24, 2.45) is 17.8 Å². The molecule has 6 N–H and O–H groups in total. The highest BCUT2D eigenvalue weighted by Crippen LogP contribution is 2.51. The molecule has 0 radical (unpaired) electrons. The van der Waals surface area contributed by atoms with Crippen molar-refractivity contribution in [2.45, 2.75) is 208 Å². The van der Waals surface area contributed by atoms with Gasteiger partial charge in [-0.15, -0.1) is 11.3 Å². The van der Waals surface area contributed by atoms with E-state index in [1.165, 1.54) is 23.8 Å². The van der Waals surface area contributed by atoms with Crippen molar-refractivity contribution in [3.63, 3.8) is 0 Å². The number of nitrogens with one attached hydrogen (secondary N) is 1. The number of aliphatic hydroxyl groups excluding tert-OH is 3. The number of carbonyl (C=O) groups is 2. The number of thiophene rings is 1. The van der Waals surface area contributed by atoms with Crippen LogP contribution in [0.15, 0.2) is 64.4 Å². The first-order valence-corrected chi connectivity index (χ1v) is 29.0. The number of fused-ring (bicyclic) bond motifs is 5. The molecule has 4 aliphatic rings. The van der Waals surface area contributed by atoms with E-state index in [0.29, 0.717) is 32.5 Å².